The Kier molecular flexibility index (Phi) is 10.9. The van der Waals surface area contributed by atoms with Gasteiger partial charge in [-0.05, 0) is 43.0 Å². The second-order valence-electron chi connectivity index (χ2n) is 8.03. The van der Waals surface area contributed by atoms with E-state index in [1.54, 1.807) is 24.1 Å². The minimum Gasteiger partial charge on any atom is -0.497 e. The third-order valence-electron chi connectivity index (χ3n) is 5.54. The first-order valence-electron chi connectivity index (χ1n) is 11.3. The van der Waals surface area contributed by atoms with Crippen LogP contribution >= 0.6 is 11.8 Å². The number of amides is 2. The molecule has 34 heavy (non-hydrogen) atoms. The SMILES string of the molecule is CC[C@@H](C)NC(=O)[C@H](CC)N(Cc1ccc(OC)cc1)C(=O)CSCc1ccc([N+](=O)[O-])cc1. The first-order chi connectivity index (χ1) is 16.3. The minimum atomic E-state index is -0.580. The number of non-ortho nitro benzene ring substituents is 1. The summed E-state index contributed by atoms with van der Waals surface area (Å²) in [5, 5.41) is 13.8. The molecule has 2 amide bonds. The largest absolute Gasteiger partial charge is 0.497 e. The van der Waals surface area contributed by atoms with Gasteiger partial charge in [-0.3, -0.25) is 19.7 Å². The molecule has 0 bridgehead atoms. The van der Waals surface area contributed by atoms with E-state index in [1.807, 2.05) is 45.0 Å². The lowest BCUT2D eigenvalue weighted by molar-refractivity contribution is -0.384. The maximum absolute atomic E-state index is 13.3. The van der Waals surface area contributed by atoms with Crippen LogP contribution in [0.1, 0.15) is 44.7 Å². The number of nitrogens with zero attached hydrogens (tertiary/aromatic N) is 2. The van der Waals surface area contributed by atoms with E-state index in [4.69, 9.17) is 4.74 Å². The summed E-state index contributed by atoms with van der Waals surface area (Å²) in [7, 11) is 1.60. The number of carbonyl (C=O) groups excluding carboxylic acids is 2. The summed E-state index contributed by atoms with van der Waals surface area (Å²) in [6.07, 6.45) is 1.30. The van der Waals surface area contributed by atoms with Crippen molar-refractivity contribution < 1.29 is 19.2 Å². The molecule has 0 aliphatic heterocycles. The minimum absolute atomic E-state index is 0.0241. The highest BCUT2D eigenvalue weighted by atomic mass is 32.2. The van der Waals surface area contributed by atoms with Crippen LogP contribution in [0.4, 0.5) is 5.69 Å². The number of rotatable bonds is 13. The van der Waals surface area contributed by atoms with Gasteiger partial charge in [-0.15, -0.1) is 11.8 Å². The fraction of sp³-hybridized carbons (Fsp3) is 0.440. The molecule has 0 spiro atoms. The van der Waals surface area contributed by atoms with Crippen molar-refractivity contribution in [1.82, 2.24) is 10.2 Å². The molecule has 184 valence electrons. The van der Waals surface area contributed by atoms with Gasteiger partial charge in [0.15, 0.2) is 0 Å². The molecule has 2 rings (SSSR count). The van der Waals surface area contributed by atoms with Crippen LogP contribution in [-0.4, -0.2) is 46.6 Å². The van der Waals surface area contributed by atoms with Gasteiger partial charge in [-0.1, -0.05) is 38.1 Å². The highest BCUT2D eigenvalue weighted by Crippen LogP contribution is 2.20. The lowest BCUT2D eigenvalue weighted by Crippen LogP contribution is -2.51. The molecule has 0 saturated carbocycles. The molecule has 8 nitrogen and oxygen atoms in total. The molecule has 2 aromatic carbocycles. The summed E-state index contributed by atoms with van der Waals surface area (Å²) in [4.78, 5) is 38.3. The Balaban J connectivity index is 2.12. The number of nitro benzene ring substituents is 1. The molecule has 2 aromatic rings. The fourth-order valence-electron chi connectivity index (χ4n) is 3.34. The van der Waals surface area contributed by atoms with Crippen LogP contribution in [0.2, 0.25) is 0 Å². The molecule has 0 saturated heterocycles. The zero-order valence-corrected chi connectivity index (χ0v) is 21.0. The van der Waals surface area contributed by atoms with Crippen LogP contribution in [-0.2, 0) is 21.9 Å². The van der Waals surface area contributed by atoms with Gasteiger partial charge in [-0.25, -0.2) is 0 Å². The Morgan fingerprint density at radius 3 is 2.21 bits per heavy atom. The maximum atomic E-state index is 13.3. The third-order valence-corrected chi connectivity index (χ3v) is 6.53. The van der Waals surface area contributed by atoms with Crippen molar-refractivity contribution in [2.75, 3.05) is 12.9 Å². The zero-order valence-electron chi connectivity index (χ0n) is 20.2. The second kappa shape index (κ2) is 13.6. The van der Waals surface area contributed by atoms with Gasteiger partial charge in [0.1, 0.15) is 11.8 Å². The van der Waals surface area contributed by atoms with E-state index in [2.05, 4.69) is 5.32 Å². The molecule has 0 heterocycles. The summed E-state index contributed by atoms with van der Waals surface area (Å²) < 4.78 is 5.21. The Morgan fingerprint density at radius 1 is 1.06 bits per heavy atom. The van der Waals surface area contributed by atoms with Crippen molar-refractivity contribution in [2.45, 2.75) is 58.0 Å². The van der Waals surface area contributed by atoms with E-state index in [-0.39, 0.29) is 29.3 Å². The van der Waals surface area contributed by atoms with Gasteiger partial charge in [0.05, 0.1) is 17.8 Å². The van der Waals surface area contributed by atoms with Crippen LogP contribution in [0.25, 0.3) is 0 Å². The van der Waals surface area contributed by atoms with Crippen LogP contribution in [0.15, 0.2) is 48.5 Å². The van der Waals surface area contributed by atoms with Crippen molar-refractivity contribution in [1.29, 1.82) is 0 Å². The van der Waals surface area contributed by atoms with Crippen LogP contribution in [0.3, 0.4) is 0 Å². The summed E-state index contributed by atoms with van der Waals surface area (Å²) >= 11 is 1.42. The fourth-order valence-corrected chi connectivity index (χ4v) is 4.21. The summed E-state index contributed by atoms with van der Waals surface area (Å²) in [6.45, 7) is 6.16. The molecule has 2 atom stereocenters. The van der Waals surface area contributed by atoms with E-state index >= 15 is 0 Å². The van der Waals surface area contributed by atoms with Crippen molar-refractivity contribution in [3.8, 4) is 5.75 Å². The van der Waals surface area contributed by atoms with Gasteiger partial charge in [-0.2, -0.15) is 0 Å². The molecule has 0 radical (unpaired) electrons. The van der Waals surface area contributed by atoms with Crippen LogP contribution in [0.5, 0.6) is 5.75 Å². The molecule has 0 unspecified atom stereocenters. The normalized spacial score (nSPS) is 12.5. The second-order valence-corrected chi connectivity index (χ2v) is 9.01. The van der Waals surface area contributed by atoms with Crippen molar-refractivity contribution in [3.05, 3.63) is 69.8 Å². The number of benzene rings is 2. The predicted molar refractivity (Wildman–Crippen MR) is 135 cm³/mol. The van der Waals surface area contributed by atoms with Crippen LogP contribution in [0, 0.1) is 10.1 Å². The lowest BCUT2D eigenvalue weighted by atomic mass is 10.1. The zero-order chi connectivity index (χ0) is 25.1. The number of methoxy groups -OCH3 is 1. The van der Waals surface area contributed by atoms with E-state index in [0.29, 0.717) is 18.7 Å². The maximum Gasteiger partial charge on any atom is 0.269 e. The topological polar surface area (TPSA) is 102 Å². The third kappa shape index (κ3) is 8.06. The average Bonchev–Trinajstić information content (AvgIpc) is 2.84. The lowest BCUT2D eigenvalue weighted by Gasteiger charge is -2.31. The molecule has 0 aliphatic carbocycles. The van der Waals surface area contributed by atoms with E-state index in [0.717, 1.165) is 23.3 Å². The van der Waals surface area contributed by atoms with Crippen molar-refractivity contribution >= 4 is 29.3 Å². The Labute approximate surface area is 205 Å². The molecular formula is C25H33N3O5S. The monoisotopic (exact) mass is 487 g/mol. The number of carbonyl (C=O) groups is 2. The standard InChI is InChI=1S/C25H33N3O5S/c1-5-18(3)26-25(30)23(6-2)27(15-19-9-13-22(33-4)14-10-19)24(29)17-34-16-20-7-11-21(12-8-20)28(31)32/h7-14,18,23H,5-6,15-17H2,1-4H3,(H,26,30)/t18-,23+/m1/s1. The molecule has 9 heteroatoms. The van der Waals surface area contributed by atoms with Crippen LogP contribution < -0.4 is 10.1 Å². The number of hydrogen-bond acceptors (Lipinski definition) is 6. The smallest absolute Gasteiger partial charge is 0.269 e. The predicted octanol–water partition coefficient (Wildman–Crippen LogP) is 4.56. The van der Waals surface area contributed by atoms with Crippen molar-refractivity contribution in [2.24, 2.45) is 0 Å². The van der Waals surface area contributed by atoms with Gasteiger partial charge in [0.2, 0.25) is 11.8 Å². The average molecular weight is 488 g/mol. The van der Waals surface area contributed by atoms with E-state index in [1.165, 1.54) is 23.9 Å². The Morgan fingerprint density at radius 2 is 1.68 bits per heavy atom. The number of thioether (sulfide) groups is 1. The summed E-state index contributed by atoms with van der Waals surface area (Å²) in [6, 6.07) is 13.2. The highest BCUT2D eigenvalue weighted by Gasteiger charge is 2.29. The van der Waals surface area contributed by atoms with E-state index < -0.39 is 11.0 Å². The number of ether oxygens (including phenoxy) is 1. The van der Waals surface area contributed by atoms with Gasteiger partial charge < -0.3 is 15.0 Å². The molecular weight excluding hydrogens is 454 g/mol. The first kappa shape index (κ1) is 27.2. The highest BCUT2D eigenvalue weighted by molar-refractivity contribution is 7.99. The molecule has 0 fully saturated rings. The van der Waals surface area contributed by atoms with Gasteiger partial charge in [0, 0.05) is 30.5 Å². The first-order valence-corrected chi connectivity index (χ1v) is 12.5. The molecule has 0 aliphatic rings. The summed E-state index contributed by atoms with van der Waals surface area (Å²) in [5.41, 5.74) is 1.84. The van der Waals surface area contributed by atoms with E-state index in [9.17, 15) is 19.7 Å². The van der Waals surface area contributed by atoms with Gasteiger partial charge in [0.25, 0.3) is 5.69 Å². The Hall–Kier alpha value is -3.07. The summed E-state index contributed by atoms with van der Waals surface area (Å²) in [5.74, 6) is 1.17. The number of hydrogen-bond donors (Lipinski definition) is 1. The molecule has 1 N–H and O–H groups in total. The number of nitrogens with one attached hydrogen (secondary N) is 1. The quantitative estimate of drug-likeness (QED) is 0.328. The number of nitro groups is 1. The van der Waals surface area contributed by atoms with Gasteiger partial charge >= 0.3 is 0 Å². The Bertz CT molecular complexity index is 950. The molecule has 0 aromatic heterocycles. The van der Waals surface area contributed by atoms with Crippen molar-refractivity contribution in [3.63, 3.8) is 0 Å².